The van der Waals surface area contributed by atoms with Crippen molar-refractivity contribution < 1.29 is 9.18 Å². The third-order valence-electron chi connectivity index (χ3n) is 4.70. The Labute approximate surface area is 150 Å². The van der Waals surface area contributed by atoms with Crippen molar-refractivity contribution >= 4 is 21.8 Å². The monoisotopic (exact) mass is 398 g/mol. The number of hydrogen-bond acceptors (Lipinski definition) is 4. The lowest BCUT2D eigenvalue weighted by molar-refractivity contribution is -0.122. The van der Waals surface area contributed by atoms with Gasteiger partial charge in [0, 0.05) is 68.3 Å². The minimum absolute atomic E-state index is 0.106. The third kappa shape index (κ3) is 4.99. The number of nitrogens with zero attached hydrogens (tertiary/aromatic N) is 2. The van der Waals surface area contributed by atoms with E-state index in [9.17, 15) is 9.18 Å². The molecule has 132 valence electrons. The van der Waals surface area contributed by atoms with Crippen LogP contribution in [0.4, 0.5) is 4.39 Å². The predicted molar refractivity (Wildman–Crippen MR) is 95.2 cm³/mol. The van der Waals surface area contributed by atoms with Gasteiger partial charge in [0.05, 0.1) is 6.54 Å². The summed E-state index contributed by atoms with van der Waals surface area (Å²) < 4.78 is 14.7. The molecule has 2 N–H and O–H groups in total. The van der Waals surface area contributed by atoms with Crippen molar-refractivity contribution in [3.8, 4) is 0 Å². The molecule has 3 rings (SSSR count). The summed E-state index contributed by atoms with van der Waals surface area (Å²) in [6.45, 7) is 7.26. The molecule has 24 heavy (non-hydrogen) atoms. The molecule has 0 atom stereocenters. The zero-order chi connectivity index (χ0) is 16.9. The van der Waals surface area contributed by atoms with E-state index in [2.05, 4.69) is 36.4 Å². The van der Waals surface area contributed by atoms with Crippen molar-refractivity contribution in [3.05, 3.63) is 34.1 Å². The summed E-state index contributed by atoms with van der Waals surface area (Å²) in [5.74, 6) is 0.526. The summed E-state index contributed by atoms with van der Waals surface area (Å²) in [7, 11) is 0. The fourth-order valence-corrected chi connectivity index (χ4v) is 3.34. The highest BCUT2D eigenvalue weighted by atomic mass is 79.9. The van der Waals surface area contributed by atoms with Gasteiger partial charge in [-0.2, -0.15) is 0 Å². The van der Waals surface area contributed by atoms with Crippen LogP contribution in [0.2, 0.25) is 0 Å². The predicted octanol–water partition coefficient (Wildman–Crippen LogP) is 1.04. The Kier molecular flexibility index (Phi) is 6.21. The molecular formula is C17H24BrFN4O. The molecule has 0 aliphatic carbocycles. The first-order chi connectivity index (χ1) is 11.6. The number of nitrogens with one attached hydrogen (secondary N) is 2. The van der Waals surface area contributed by atoms with Gasteiger partial charge < -0.3 is 10.6 Å². The van der Waals surface area contributed by atoms with Gasteiger partial charge in [-0.05, 0) is 12.1 Å². The van der Waals surface area contributed by atoms with E-state index in [4.69, 9.17) is 0 Å². The van der Waals surface area contributed by atoms with E-state index in [1.165, 1.54) is 6.07 Å². The van der Waals surface area contributed by atoms with Gasteiger partial charge >= 0.3 is 0 Å². The van der Waals surface area contributed by atoms with Crippen LogP contribution in [0.3, 0.4) is 0 Å². The highest BCUT2D eigenvalue weighted by Gasteiger charge is 2.21. The minimum atomic E-state index is -0.170. The number of rotatable bonds is 6. The Morgan fingerprint density at radius 1 is 1.25 bits per heavy atom. The van der Waals surface area contributed by atoms with Crippen LogP contribution in [0.25, 0.3) is 0 Å². The molecule has 0 bridgehead atoms. The summed E-state index contributed by atoms with van der Waals surface area (Å²) in [6.07, 6.45) is 0. The van der Waals surface area contributed by atoms with Crippen molar-refractivity contribution in [1.29, 1.82) is 0 Å². The van der Waals surface area contributed by atoms with E-state index in [0.29, 0.717) is 19.0 Å². The van der Waals surface area contributed by atoms with Crippen LogP contribution in [-0.4, -0.2) is 68.1 Å². The fraction of sp³-hybridized carbons (Fsp3) is 0.588. The third-order valence-corrected chi connectivity index (χ3v) is 5.19. The van der Waals surface area contributed by atoms with Gasteiger partial charge in [-0.3, -0.25) is 14.6 Å². The second kappa shape index (κ2) is 8.38. The van der Waals surface area contributed by atoms with E-state index < -0.39 is 0 Å². The van der Waals surface area contributed by atoms with Crippen molar-refractivity contribution in [1.82, 2.24) is 20.4 Å². The molecule has 0 aromatic heterocycles. The maximum atomic E-state index is 13.9. The molecule has 2 saturated heterocycles. The second-order valence-corrected chi connectivity index (χ2v) is 7.53. The number of halogens is 2. The molecule has 2 fully saturated rings. The fourth-order valence-electron chi connectivity index (χ4n) is 3.01. The summed E-state index contributed by atoms with van der Waals surface area (Å²) in [6, 6.07) is 5.21. The molecule has 5 nitrogen and oxygen atoms in total. The molecule has 2 aliphatic heterocycles. The van der Waals surface area contributed by atoms with Crippen LogP contribution in [0, 0.1) is 11.7 Å². The Morgan fingerprint density at radius 2 is 1.96 bits per heavy atom. The van der Waals surface area contributed by atoms with E-state index in [1.54, 1.807) is 0 Å². The van der Waals surface area contributed by atoms with Gasteiger partial charge in [0.15, 0.2) is 0 Å². The molecule has 2 heterocycles. The van der Waals surface area contributed by atoms with Crippen LogP contribution in [-0.2, 0) is 11.3 Å². The number of hydrogen-bond donors (Lipinski definition) is 2. The zero-order valence-corrected chi connectivity index (χ0v) is 15.3. The zero-order valence-electron chi connectivity index (χ0n) is 13.7. The quantitative estimate of drug-likeness (QED) is 0.751. The maximum Gasteiger partial charge on any atom is 0.234 e. The van der Waals surface area contributed by atoms with Crippen LogP contribution >= 0.6 is 15.9 Å². The summed E-state index contributed by atoms with van der Waals surface area (Å²) in [5.41, 5.74) is 0.721. The Morgan fingerprint density at radius 3 is 2.58 bits per heavy atom. The van der Waals surface area contributed by atoms with Gasteiger partial charge in [-0.1, -0.05) is 22.0 Å². The van der Waals surface area contributed by atoms with Gasteiger partial charge in [0.25, 0.3) is 0 Å². The molecule has 1 aromatic carbocycles. The largest absolute Gasteiger partial charge is 0.355 e. The Balaban J connectivity index is 1.38. The van der Waals surface area contributed by atoms with Crippen molar-refractivity contribution in [3.63, 3.8) is 0 Å². The SMILES string of the molecule is O=C(CN1CCN(Cc2ccc(Br)cc2F)CC1)NCC1CNC1. The van der Waals surface area contributed by atoms with Gasteiger partial charge in [-0.15, -0.1) is 0 Å². The highest BCUT2D eigenvalue weighted by molar-refractivity contribution is 9.10. The molecule has 2 aliphatic rings. The lowest BCUT2D eigenvalue weighted by Crippen LogP contribution is -2.51. The Hall–Kier alpha value is -1.02. The first-order valence-electron chi connectivity index (χ1n) is 8.46. The van der Waals surface area contributed by atoms with Crippen molar-refractivity contribution in [2.24, 2.45) is 5.92 Å². The molecule has 0 unspecified atom stereocenters. The summed E-state index contributed by atoms with van der Waals surface area (Å²) in [5, 5.41) is 6.21. The first kappa shape index (κ1) is 17.8. The number of amides is 1. The van der Waals surface area contributed by atoms with Crippen LogP contribution in [0.5, 0.6) is 0 Å². The molecule has 1 aromatic rings. The number of carbonyl (C=O) groups excluding carboxylic acids is 1. The topological polar surface area (TPSA) is 47.6 Å². The number of benzene rings is 1. The Bertz CT molecular complexity index is 574. The van der Waals surface area contributed by atoms with Gasteiger partial charge in [0.2, 0.25) is 5.91 Å². The summed E-state index contributed by atoms with van der Waals surface area (Å²) in [4.78, 5) is 16.4. The molecule has 0 saturated carbocycles. The number of piperazine rings is 1. The molecule has 7 heteroatoms. The highest BCUT2D eigenvalue weighted by Crippen LogP contribution is 2.17. The normalized spacial score (nSPS) is 19.9. The van der Waals surface area contributed by atoms with Crippen LogP contribution in [0.1, 0.15) is 5.56 Å². The lowest BCUT2D eigenvalue weighted by Gasteiger charge is -2.34. The van der Waals surface area contributed by atoms with Crippen LogP contribution in [0.15, 0.2) is 22.7 Å². The standard InChI is InChI=1S/C17H24BrFN4O/c18-15-2-1-14(16(19)7-15)11-22-3-5-23(6-4-22)12-17(24)21-10-13-8-20-9-13/h1-2,7,13,20H,3-6,8-12H2,(H,21,24). The van der Waals surface area contributed by atoms with Gasteiger partial charge in [0.1, 0.15) is 5.82 Å². The second-order valence-electron chi connectivity index (χ2n) is 6.62. The first-order valence-corrected chi connectivity index (χ1v) is 9.25. The molecular weight excluding hydrogens is 375 g/mol. The van der Waals surface area contributed by atoms with Crippen molar-refractivity contribution in [2.75, 3.05) is 52.4 Å². The molecule has 1 amide bonds. The summed E-state index contributed by atoms with van der Waals surface area (Å²) >= 11 is 3.28. The smallest absolute Gasteiger partial charge is 0.234 e. The van der Waals surface area contributed by atoms with E-state index >= 15 is 0 Å². The average molecular weight is 399 g/mol. The lowest BCUT2D eigenvalue weighted by atomic mass is 10.0. The average Bonchev–Trinajstić information content (AvgIpc) is 2.50. The molecule has 0 radical (unpaired) electrons. The van der Waals surface area contributed by atoms with E-state index in [1.807, 2.05) is 12.1 Å². The van der Waals surface area contributed by atoms with E-state index in [0.717, 1.165) is 55.8 Å². The van der Waals surface area contributed by atoms with Crippen molar-refractivity contribution in [2.45, 2.75) is 6.54 Å². The minimum Gasteiger partial charge on any atom is -0.355 e. The molecule has 0 spiro atoms. The van der Waals surface area contributed by atoms with Gasteiger partial charge in [-0.25, -0.2) is 4.39 Å². The van der Waals surface area contributed by atoms with E-state index in [-0.39, 0.29) is 11.7 Å². The maximum absolute atomic E-state index is 13.9. The number of carbonyl (C=O) groups is 1. The van der Waals surface area contributed by atoms with Crippen LogP contribution < -0.4 is 10.6 Å².